The molecule has 1 heterocycles. The normalized spacial score (nSPS) is 19.3. The van der Waals surface area contributed by atoms with Crippen LogP contribution in [-0.2, 0) is 0 Å². The second-order valence-corrected chi connectivity index (χ2v) is 5.33. The van der Waals surface area contributed by atoms with E-state index in [0.29, 0.717) is 18.0 Å². The second-order valence-electron chi connectivity index (χ2n) is 4.92. The summed E-state index contributed by atoms with van der Waals surface area (Å²) in [7, 11) is 0. The first-order valence-corrected chi connectivity index (χ1v) is 6.60. The van der Waals surface area contributed by atoms with E-state index in [-0.39, 0.29) is 16.6 Å². The molecule has 5 nitrogen and oxygen atoms in total. The molecule has 1 saturated heterocycles. The molecule has 0 radical (unpaired) electrons. The fraction of sp³-hybridized carbons (Fsp3) is 0.462. The predicted molar refractivity (Wildman–Crippen MR) is 72.4 cm³/mol. The number of hydrogen-bond acceptors (Lipinski definition) is 3. The molecule has 1 atom stereocenters. The Morgan fingerprint density at radius 1 is 1.53 bits per heavy atom. The minimum Gasteiger partial charge on any atom is -0.338 e. The predicted octanol–water partition coefficient (Wildman–Crippen LogP) is 3.12. The third kappa shape index (κ3) is 3.04. The number of likely N-dealkylation sites (tertiary alicyclic amines) is 1. The van der Waals surface area contributed by atoms with Crippen molar-refractivity contribution in [3.63, 3.8) is 0 Å². The number of benzene rings is 1. The summed E-state index contributed by atoms with van der Waals surface area (Å²) in [6, 6.07) is 3.97. The molecule has 0 bridgehead atoms. The zero-order valence-electron chi connectivity index (χ0n) is 10.6. The van der Waals surface area contributed by atoms with Crippen LogP contribution in [0.25, 0.3) is 0 Å². The first-order valence-electron chi connectivity index (χ1n) is 6.22. The zero-order chi connectivity index (χ0) is 14.0. The lowest BCUT2D eigenvalue weighted by Gasteiger charge is -2.31. The van der Waals surface area contributed by atoms with Crippen LogP contribution in [0.1, 0.15) is 30.1 Å². The fourth-order valence-corrected chi connectivity index (χ4v) is 2.59. The maximum atomic E-state index is 12.3. The van der Waals surface area contributed by atoms with E-state index in [0.717, 1.165) is 19.4 Å². The summed E-state index contributed by atoms with van der Waals surface area (Å²) >= 11 is 5.97. The molecule has 19 heavy (non-hydrogen) atoms. The SMILES string of the molecule is C[C@H]1CCCN(C(=O)c2ccc([N+](=O)[O-])cc2Cl)C1. The number of hydrogen-bond donors (Lipinski definition) is 0. The van der Waals surface area contributed by atoms with Crippen molar-refractivity contribution in [1.82, 2.24) is 4.90 Å². The summed E-state index contributed by atoms with van der Waals surface area (Å²) in [5, 5.41) is 10.8. The molecule has 102 valence electrons. The van der Waals surface area contributed by atoms with Gasteiger partial charge in [0.05, 0.1) is 15.5 Å². The van der Waals surface area contributed by atoms with Crippen LogP contribution in [0.3, 0.4) is 0 Å². The van der Waals surface area contributed by atoms with E-state index < -0.39 is 4.92 Å². The Kier molecular flexibility index (Phi) is 4.04. The molecule has 0 aliphatic carbocycles. The number of piperidine rings is 1. The van der Waals surface area contributed by atoms with Gasteiger partial charge in [-0.2, -0.15) is 0 Å². The number of halogens is 1. The van der Waals surface area contributed by atoms with Crippen LogP contribution in [0, 0.1) is 16.0 Å². The van der Waals surface area contributed by atoms with Crippen molar-refractivity contribution >= 4 is 23.2 Å². The third-order valence-corrected chi connectivity index (χ3v) is 3.65. The Morgan fingerprint density at radius 2 is 2.26 bits per heavy atom. The van der Waals surface area contributed by atoms with E-state index >= 15 is 0 Å². The van der Waals surface area contributed by atoms with Gasteiger partial charge in [-0.1, -0.05) is 18.5 Å². The van der Waals surface area contributed by atoms with Crippen molar-refractivity contribution in [2.45, 2.75) is 19.8 Å². The van der Waals surface area contributed by atoms with Crippen LogP contribution in [0.4, 0.5) is 5.69 Å². The Bertz CT molecular complexity index is 519. The van der Waals surface area contributed by atoms with Crippen molar-refractivity contribution in [3.8, 4) is 0 Å². The minimum atomic E-state index is -0.525. The Labute approximate surface area is 116 Å². The van der Waals surface area contributed by atoms with Gasteiger partial charge < -0.3 is 4.90 Å². The number of amides is 1. The number of nitrogens with zero attached hydrogens (tertiary/aromatic N) is 2. The highest BCUT2D eigenvalue weighted by Crippen LogP contribution is 2.25. The summed E-state index contributed by atoms with van der Waals surface area (Å²) in [6.45, 7) is 3.54. The van der Waals surface area contributed by atoms with Crippen LogP contribution in [0.15, 0.2) is 18.2 Å². The minimum absolute atomic E-state index is 0.103. The number of carbonyl (C=O) groups is 1. The van der Waals surface area contributed by atoms with Gasteiger partial charge in [0, 0.05) is 25.2 Å². The van der Waals surface area contributed by atoms with Gasteiger partial charge in [0.15, 0.2) is 0 Å². The molecule has 0 aromatic heterocycles. The molecule has 0 unspecified atom stereocenters. The average Bonchev–Trinajstić information content (AvgIpc) is 2.37. The summed E-state index contributed by atoms with van der Waals surface area (Å²) in [4.78, 5) is 24.2. The van der Waals surface area contributed by atoms with E-state index in [1.165, 1.54) is 18.2 Å². The summed E-state index contributed by atoms with van der Waals surface area (Å²) in [5.74, 6) is 0.334. The van der Waals surface area contributed by atoms with Crippen molar-refractivity contribution in [2.24, 2.45) is 5.92 Å². The lowest BCUT2D eigenvalue weighted by Crippen LogP contribution is -2.39. The van der Waals surface area contributed by atoms with Gasteiger partial charge in [0.1, 0.15) is 0 Å². The topological polar surface area (TPSA) is 63.5 Å². The molecule has 1 aromatic carbocycles. The molecular weight excluding hydrogens is 268 g/mol. The highest BCUT2D eigenvalue weighted by molar-refractivity contribution is 6.34. The maximum absolute atomic E-state index is 12.3. The van der Waals surface area contributed by atoms with Crippen molar-refractivity contribution in [1.29, 1.82) is 0 Å². The van der Waals surface area contributed by atoms with E-state index in [1.54, 1.807) is 4.90 Å². The van der Waals surface area contributed by atoms with Gasteiger partial charge in [-0.25, -0.2) is 0 Å². The number of non-ortho nitro benzene ring substituents is 1. The van der Waals surface area contributed by atoms with E-state index in [2.05, 4.69) is 6.92 Å². The van der Waals surface area contributed by atoms with E-state index in [1.807, 2.05) is 0 Å². The number of nitro groups is 1. The van der Waals surface area contributed by atoms with Crippen molar-refractivity contribution in [2.75, 3.05) is 13.1 Å². The van der Waals surface area contributed by atoms with Crippen LogP contribution >= 0.6 is 11.6 Å². The number of carbonyl (C=O) groups excluding carboxylic acids is 1. The van der Waals surface area contributed by atoms with Crippen LogP contribution < -0.4 is 0 Å². The molecular formula is C13H15ClN2O3. The largest absolute Gasteiger partial charge is 0.338 e. The highest BCUT2D eigenvalue weighted by atomic mass is 35.5. The summed E-state index contributed by atoms with van der Waals surface area (Å²) in [6.07, 6.45) is 2.11. The molecule has 6 heteroatoms. The molecule has 1 amide bonds. The quantitative estimate of drug-likeness (QED) is 0.618. The van der Waals surface area contributed by atoms with E-state index in [4.69, 9.17) is 11.6 Å². The third-order valence-electron chi connectivity index (χ3n) is 3.34. The molecule has 1 aromatic rings. The first kappa shape index (κ1) is 13.8. The lowest BCUT2D eigenvalue weighted by molar-refractivity contribution is -0.384. The van der Waals surface area contributed by atoms with Gasteiger partial charge >= 0.3 is 0 Å². The summed E-state index contributed by atoms with van der Waals surface area (Å²) < 4.78 is 0. The fourth-order valence-electron chi connectivity index (χ4n) is 2.34. The molecule has 1 aliphatic heterocycles. The Balaban J connectivity index is 2.21. The molecule has 2 rings (SSSR count). The van der Waals surface area contributed by atoms with Crippen molar-refractivity contribution in [3.05, 3.63) is 38.9 Å². The molecule has 1 aliphatic rings. The summed E-state index contributed by atoms with van der Waals surface area (Å²) in [5.41, 5.74) is 0.231. The molecule has 1 fully saturated rings. The maximum Gasteiger partial charge on any atom is 0.270 e. The van der Waals surface area contributed by atoms with Gasteiger partial charge in [-0.05, 0) is 24.8 Å². The Hall–Kier alpha value is -1.62. The second kappa shape index (κ2) is 5.57. The average molecular weight is 283 g/mol. The smallest absolute Gasteiger partial charge is 0.270 e. The van der Waals surface area contributed by atoms with Gasteiger partial charge in [0.25, 0.3) is 11.6 Å². The molecule has 0 N–H and O–H groups in total. The number of nitro benzene ring substituents is 1. The lowest BCUT2D eigenvalue weighted by atomic mass is 9.99. The Morgan fingerprint density at radius 3 is 2.84 bits per heavy atom. The molecule has 0 saturated carbocycles. The van der Waals surface area contributed by atoms with Crippen LogP contribution in [-0.4, -0.2) is 28.8 Å². The van der Waals surface area contributed by atoms with Gasteiger partial charge in [-0.15, -0.1) is 0 Å². The molecule has 0 spiro atoms. The highest BCUT2D eigenvalue weighted by Gasteiger charge is 2.24. The van der Waals surface area contributed by atoms with Crippen LogP contribution in [0.5, 0.6) is 0 Å². The van der Waals surface area contributed by atoms with Gasteiger partial charge in [-0.3, -0.25) is 14.9 Å². The monoisotopic (exact) mass is 282 g/mol. The zero-order valence-corrected chi connectivity index (χ0v) is 11.4. The van der Waals surface area contributed by atoms with Crippen molar-refractivity contribution < 1.29 is 9.72 Å². The first-order chi connectivity index (χ1) is 8.99. The van der Waals surface area contributed by atoms with Gasteiger partial charge in [0.2, 0.25) is 0 Å². The number of rotatable bonds is 2. The van der Waals surface area contributed by atoms with E-state index in [9.17, 15) is 14.9 Å². The van der Waals surface area contributed by atoms with Crippen LogP contribution in [0.2, 0.25) is 5.02 Å². The standard InChI is InChI=1S/C13H15ClN2O3/c1-9-3-2-6-15(8-9)13(17)11-5-4-10(16(18)19)7-12(11)14/h4-5,7,9H,2-3,6,8H2,1H3/t9-/m0/s1.